The third-order valence-electron chi connectivity index (χ3n) is 7.97. The van der Waals surface area contributed by atoms with Gasteiger partial charge in [0.2, 0.25) is 0 Å². The van der Waals surface area contributed by atoms with Gasteiger partial charge in [0.15, 0.2) is 0 Å². The van der Waals surface area contributed by atoms with Crippen LogP contribution in [-0.4, -0.2) is 47.6 Å². The van der Waals surface area contributed by atoms with Crippen molar-refractivity contribution in [2.24, 2.45) is 22.2 Å². The van der Waals surface area contributed by atoms with Gasteiger partial charge in [-0.1, -0.05) is 26.3 Å². The molecule has 0 bridgehead atoms. The van der Waals surface area contributed by atoms with E-state index in [0.717, 1.165) is 18.4 Å². The summed E-state index contributed by atoms with van der Waals surface area (Å²) in [5, 5.41) is 22.5. The van der Waals surface area contributed by atoms with Crippen molar-refractivity contribution in [1.29, 1.82) is 0 Å². The summed E-state index contributed by atoms with van der Waals surface area (Å²) in [4.78, 5) is 24.7. The summed E-state index contributed by atoms with van der Waals surface area (Å²) in [6.45, 7) is 11.0. The molecule has 7 unspecified atom stereocenters. The van der Waals surface area contributed by atoms with E-state index in [9.17, 15) is 19.8 Å². The molecule has 2 N–H and O–H groups in total. The van der Waals surface area contributed by atoms with E-state index in [4.69, 9.17) is 9.47 Å². The average Bonchev–Trinajstić information content (AvgIpc) is 2.65. The quantitative estimate of drug-likeness (QED) is 0.553. The molecule has 6 heteroatoms. The van der Waals surface area contributed by atoms with Crippen LogP contribution in [-0.2, 0) is 19.1 Å². The van der Waals surface area contributed by atoms with Crippen LogP contribution < -0.4 is 0 Å². The molecule has 0 aliphatic heterocycles. The van der Waals surface area contributed by atoms with Gasteiger partial charge >= 0.3 is 11.9 Å². The SMILES string of the molecule is C=CC1(C)CC(O)C2=C(C(OC(C)=O)CC3C(C)(C(=O)OC)CCCC23C)C1O. The minimum absolute atomic E-state index is 0.172. The maximum absolute atomic E-state index is 12.8. The topological polar surface area (TPSA) is 93.1 Å². The molecule has 29 heavy (non-hydrogen) atoms. The number of carbonyl (C=O) groups is 2. The summed E-state index contributed by atoms with van der Waals surface area (Å²) >= 11 is 0. The van der Waals surface area contributed by atoms with Crippen LogP contribution in [0, 0.1) is 22.2 Å². The highest BCUT2D eigenvalue weighted by molar-refractivity contribution is 5.77. The fourth-order valence-electron chi connectivity index (χ4n) is 6.43. The van der Waals surface area contributed by atoms with Gasteiger partial charge in [-0.05, 0) is 49.5 Å². The molecule has 162 valence electrons. The summed E-state index contributed by atoms with van der Waals surface area (Å²) < 4.78 is 10.8. The van der Waals surface area contributed by atoms with E-state index in [2.05, 4.69) is 13.5 Å². The van der Waals surface area contributed by atoms with E-state index in [1.807, 2.05) is 13.8 Å². The molecule has 3 aliphatic carbocycles. The highest BCUT2D eigenvalue weighted by atomic mass is 16.5. The predicted molar refractivity (Wildman–Crippen MR) is 108 cm³/mol. The Hall–Kier alpha value is -1.66. The highest BCUT2D eigenvalue weighted by Crippen LogP contribution is 2.63. The van der Waals surface area contributed by atoms with Gasteiger partial charge in [-0.3, -0.25) is 9.59 Å². The Morgan fingerprint density at radius 2 is 1.86 bits per heavy atom. The Kier molecular flexibility index (Phi) is 5.50. The van der Waals surface area contributed by atoms with Crippen molar-refractivity contribution in [3.05, 3.63) is 23.8 Å². The van der Waals surface area contributed by atoms with Crippen LogP contribution in [0.5, 0.6) is 0 Å². The molecule has 0 spiro atoms. The predicted octanol–water partition coefficient (Wildman–Crippen LogP) is 2.92. The molecule has 0 saturated heterocycles. The first kappa shape index (κ1) is 22.0. The fourth-order valence-corrected chi connectivity index (χ4v) is 6.43. The van der Waals surface area contributed by atoms with Crippen LogP contribution in [0.1, 0.15) is 59.8 Å². The maximum Gasteiger partial charge on any atom is 0.311 e. The number of hydrogen-bond acceptors (Lipinski definition) is 6. The van der Waals surface area contributed by atoms with E-state index in [1.165, 1.54) is 14.0 Å². The van der Waals surface area contributed by atoms with Crippen molar-refractivity contribution >= 4 is 11.9 Å². The number of fused-ring (bicyclic) bond motifs is 2. The minimum atomic E-state index is -0.910. The molecule has 0 aromatic carbocycles. The van der Waals surface area contributed by atoms with E-state index in [1.54, 1.807) is 6.08 Å². The molecule has 1 saturated carbocycles. The average molecular weight is 407 g/mol. The van der Waals surface area contributed by atoms with Crippen molar-refractivity contribution in [1.82, 2.24) is 0 Å². The first-order chi connectivity index (χ1) is 13.4. The monoisotopic (exact) mass is 406 g/mol. The van der Waals surface area contributed by atoms with Crippen molar-refractivity contribution in [3.8, 4) is 0 Å². The lowest BCUT2D eigenvalue weighted by Gasteiger charge is -2.59. The van der Waals surface area contributed by atoms with Gasteiger partial charge in [-0.25, -0.2) is 0 Å². The smallest absolute Gasteiger partial charge is 0.311 e. The lowest BCUT2D eigenvalue weighted by Crippen LogP contribution is -2.59. The van der Waals surface area contributed by atoms with Gasteiger partial charge in [-0.2, -0.15) is 0 Å². The largest absolute Gasteiger partial charge is 0.469 e. The number of ether oxygens (including phenoxy) is 2. The lowest BCUT2D eigenvalue weighted by atomic mass is 9.46. The van der Waals surface area contributed by atoms with Gasteiger partial charge in [0.25, 0.3) is 0 Å². The van der Waals surface area contributed by atoms with Crippen LogP contribution in [0.3, 0.4) is 0 Å². The summed E-state index contributed by atoms with van der Waals surface area (Å²) in [6, 6.07) is 0. The van der Waals surface area contributed by atoms with E-state index in [0.29, 0.717) is 24.8 Å². The number of carbonyl (C=O) groups excluding carboxylic acids is 2. The first-order valence-electron chi connectivity index (χ1n) is 10.4. The zero-order chi connectivity index (χ0) is 21.8. The van der Waals surface area contributed by atoms with Gasteiger partial charge in [0, 0.05) is 17.9 Å². The minimum Gasteiger partial charge on any atom is -0.469 e. The summed E-state index contributed by atoms with van der Waals surface area (Å²) in [5.74, 6) is -0.899. The van der Waals surface area contributed by atoms with E-state index >= 15 is 0 Å². The molecule has 3 rings (SSSR count). The number of aliphatic hydroxyl groups excluding tert-OH is 2. The van der Waals surface area contributed by atoms with Crippen LogP contribution in [0.2, 0.25) is 0 Å². The highest BCUT2D eigenvalue weighted by Gasteiger charge is 2.62. The van der Waals surface area contributed by atoms with Crippen LogP contribution in [0.15, 0.2) is 23.8 Å². The van der Waals surface area contributed by atoms with Crippen molar-refractivity contribution < 1.29 is 29.3 Å². The Balaban J connectivity index is 2.23. The molecule has 0 aromatic rings. The van der Waals surface area contributed by atoms with Gasteiger partial charge < -0.3 is 19.7 Å². The first-order valence-corrected chi connectivity index (χ1v) is 10.4. The molecule has 7 atom stereocenters. The third-order valence-corrected chi connectivity index (χ3v) is 7.97. The summed E-state index contributed by atoms with van der Waals surface area (Å²) in [6.07, 6.45) is 2.31. The summed E-state index contributed by atoms with van der Waals surface area (Å²) in [5.41, 5.74) is -0.630. The molecule has 0 heterocycles. The Labute approximate surface area is 173 Å². The molecule has 0 radical (unpaired) electrons. The second-order valence-corrected chi connectivity index (χ2v) is 9.77. The number of hydrogen-bond donors (Lipinski definition) is 2. The molecule has 0 amide bonds. The molecule has 3 aliphatic rings. The number of methoxy groups -OCH3 is 1. The van der Waals surface area contributed by atoms with E-state index < -0.39 is 40.5 Å². The van der Waals surface area contributed by atoms with Crippen molar-refractivity contribution in [2.75, 3.05) is 7.11 Å². The zero-order valence-corrected chi connectivity index (χ0v) is 18.2. The Morgan fingerprint density at radius 1 is 1.21 bits per heavy atom. The van der Waals surface area contributed by atoms with Gasteiger partial charge in [0.1, 0.15) is 6.10 Å². The molecular weight excluding hydrogens is 372 g/mol. The summed E-state index contributed by atoms with van der Waals surface area (Å²) in [7, 11) is 1.39. The Morgan fingerprint density at radius 3 is 2.41 bits per heavy atom. The number of aliphatic hydroxyl groups is 2. The van der Waals surface area contributed by atoms with Crippen molar-refractivity contribution in [3.63, 3.8) is 0 Å². The third kappa shape index (κ3) is 3.15. The van der Waals surface area contributed by atoms with E-state index in [-0.39, 0.29) is 11.9 Å². The number of rotatable bonds is 3. The normalized spacial score (nSPS) is 44.4. The van der Waals surface area contributed by atoms with Crippen molar-refractivity contribution in [2.45, 2.75) is 78.1 Å². The zero-order valence-electron chi connectivity index (χ0n) is 18.2. The number of esters is 2. The molecule has 6 nitrogen and oxygen atoms in total. The molecule has 0 aromatic heterocycles. The second kappa shape index (κ2) is 7.24. The lowest BCUT2D eigenvalue weighted by molar-refractivity contribution is -0.168. The van der Waals surface area contributed by atoms with Crippen LogP contribution in [0.4, 0.5) is 0 Å². The van der Waals surface area contributed by atoms with Gasteiger partial charge in [-0.15, -0.1) is 6.58 Å². The standard InChI is InChI=1S/C23H34O6/c1-7-21(3)12-14(25)18-17(19(21)26)15(29-13(2)24)11-16-22(18,4)9-8-10-23(16,5)20(27)28-6/h7,14-16,19,25-26H,1,8-12H2,2-6H3. The fraction of sp³-hybridized carbons (Fsp3) is 0.739. The van der Waals surface area contributed by atoms with Crippen LogP contribution in [0.25, 0.3) is 0 Å². The van der Waals surface area contributed by atoms with Gasteiger partial charge in [0.05, 0.1) is 24.7 Å². The Bertz CT molecular complexity index is 756. The van der Waals surface area contributed by atoms with Crippen LogP contribution >= 0.6 is 0 Å². The molecular formula is C23H34O6. The molecule has 1 fully saturated rings. The maximum atomic E-state index is 12.8. The second-order valence-electron chi connectivity index (χ2n) is 9.77.